The molecular formula is C6H6AsNO. The van der Waals surface area contributed by atoms with E-state index in [2.05, 4.69) is 21.8 Å². The molecule has 0 spiro atoms. The normalized spacial score (nSPS) is 9.11. The van der Waals surface area contributed by atoms with Gasteiger partial charge in [-0.1, -0.05) is 0 Å². The Hall–Kier alpha value is -0.492. The van der Waals surface area contributed by atoms with Crippen LogP contribution in [0.15, 0.2) is 18.3 Å². The molecule has 2 nitrogen and oxygen atoms in total. The van der Waals surface area contributed by atoms with Gasteiger partial charge in [-0.15, -0.1) is 0 Å². The van der Waals surface area contributed by atoms with Gasteiger partial charge in [0.05, 0.1) is 0 Å². The molecule has 0 bridgehead atoms. The third-order valence-electron chi connectivity index (χ3n) is 0.944. The molecule has 9 heavy (non-hydrogen) atoms. The number of aromatic nitrogens is 1. The molecule has 0 fully saturated rings. The van der Waals surface area contributed by atoms with E-state index in [0.29, 0.717) is 5.88 Å². The zero-order valence-electron chi connectivity index (χ0n) is 5.03. The quantitative estimate of drug-likeness (QED) is 0.566. The van der Waals surface area contributed by atoms with Crippen LogP contribution in [0.5, 0.6) is 5.88 Å². The second-order valence-electron chi connectivity index (χ2n) is 1.53. The molecule has 0 saturated heterocycles. The molecule has 46 valence electrons. The van der Waals surface area contributed by atoms with Crippen LogP contribution in [0.4, 0.5) is 0 Å². The topological polar surface area (TPSA) is 22.1 Å². The number of rotatable bonds is 1. The molecule has 2 radical (unpaired) electrons. The molecule has 0 amide bonds. The summed E-state index contributed by atoms with van der Waals surface area (Å²) in [4.78, 5) is 3.96. The van der Waals surface area contributed by atoms with Gasteiger partial charge in [-0.3, -0.25) is 0 Å². The average molecular weight is 183 g/mol. The summed E-state index contributed by atoms with van der Waals surface area (Å²) in [6.07, 6.45) is 1.70. The van der Waals surface area contributed by atoms with Gasteiger partial charge in [-0.05, 0) is 0 Å². The molecule has 0 aliphatic carbocycles. The summed E-state index contributed by atoms with van der Waals surface area (Å²) in [7, 11) is 1.61. The second-order valence-corrected chi connectivity index (χ2v) is 2.54. The fourth-order valence-electron chi connectivity index (χ4n) is 0.540. The van der Waals surface area contributed by atoms with Crippen molar-refractivity contribution in [2.75, 3.05) is 7.11 Å². The van der Waals surface area contributed by atoms with Crippen molar-refractivity contribution in [3.05, 3.63) is 18.3 Å². The fraction of sp³-hybridized carbons (Fsp3) is 0.167. The molecule has 0 N–H and O–H groups in total. The van der Waals surface area contributed by atoms with Crippen LogP contribution >= 0.6 is 0 Å². The molecule has 1 aromatic rings. The third-order valence-corrected chi connectivity index (χ3v) is 1.66. The van der Waals surface area contributed by atoms with E-state index in [9.17, 15) is 0 Å². The van der Waals surface area contributed by atoms with Crippen molar-refractivity contribution in [2.45, 2.75) is 0 Å². The van der Waals surface area contributed by atoms with E-state index in [4.69, 9.17) is 4.74 Å². The number of hydrogen-bond donors (Lipinski definition) is 0. The maximum absolute atomic E-state index is 4.92. The first-order valence-electron chi connectivity index (χ1n) is 2.52. The van der Waals surface area contributed by atoms with Crippen LogP contribution in [0.3, 0.4) is 0 Å². The molecule has 0 atom stereocenters. The number of ether oxygens (including phenoxy) is 1. The van der Waals surface area contributed by atoms with Gasteiger partial charge >= 0.3 is 62.2 Å². The van der Waals surface area contributed by atoms with Crippen molar-refractivity contribution in [1.82, 2.24) is 4.98 Å². The number of hydrogen-bond acceptors (Lipinski definition) is 2. The zero-order valence-corrected chi connectivity index (χ0v) is 6.91. The first kappa shape index (κ1) is 6.63. The van der Waals surface area contributed by atoms with E-state index in [-0.39, 0.29) is 0 Å². The van der Waals surface area contributed by atoms with Crippen LogP contribution in [0, 0.1) is 0 Å². The van der Waals surface area contributed by atoms with E-state index in [1.165, 1.54) is 0 Å². The van der Waals surface area contributed by atoms with Crippen molar-refractivity contribution in [1.29, 1.82) is 0 Å². The predicted octanol–water partition coefficient (Wildman–Crippen LogP) is -0.116. The molecule has 1 heterocycles. The van der Waals surface area contributed by atoms with Gasteiger partial charge < -0.3 is 0 Å². The van der Waals surface area contributed by atoms with Crippen molar-refractivity contribution in [2.24, 2.45) is 0 Å². The van der Waals surface area contributed by atoms with Crippen LogP contribution in [-0.4, -0.2) is 28.9 Å². The van der Waals surface area contributed by atoms with Crippen molar-refractivity contribution < 1.29 is 4.74 Å². The standard InChI is InChI=1S/C6H6AsNO/c1-9-6-5(7)3-2-4-8-6/h2-4H,1H3. The summed E-state index contributed by atoms with van der Waals surface area (Å²) in [5.74, 6) is 0.678. The van der Waals surface area contributed by atoms with Crippen molar-refractivity contribution >= 4 is 21.2 Å². The molecule has 3 heteroatoms. The Balaban J connectivity index is 3.01. The SMILES string of the molecule is COc1ncccc1[As]. The first-order chi connectivity index (χ1) is 4.34. The second kappa shape index (κ2) is 2.88. The minimum atomic E-state index is 0.678. The molecule has 1 aromatic heterocycles. The van der Waals surface area contributed by atoms with Gasteiger partial charge in [0.2, 0.25) is 0 Å². The van der Waals surface area contributed by atoms with Gasteiger partial charge in [-0.25, -0.2) is 0 Å². The first-order valence-corrected chi connectivity index (χ1v) is 3.46. The van der Waals surface area contributed by atoms with E-state index in [1.54, 1.807) is 13.3 Å². The van der Waals surface area contributed by atoms with Gasteiger partial charge in [-0.2, -0.15) is 0 Å². The number of nitrogens with zero attached hydrogens (tertiary/aromatic N) is 1. The predicted molar refractivity (Wildman–Crippen MR) is 36.2 cm³/mol. The third kappa shape index (κ3) is 1.46. The Morgan fingerprint density at radius 2 is 2.44 bits per heavy atom. The Bertz CT molecular complexity index is 202. The van der Waals surface area contributed by atoms with E-state index in [1.807, 2.05) is 12.1 Å². The number of methoxy groups -OCH3 is 1. The Kier molecular flexibility index (Phi) is 2.12. The summed E-state index contributed by atoms with van der Waals surface area (Å²) in [6.45, 7) is 0. The van der Waals surface area contributed by atoms with E-state index >= 15 is 0 Å². The molecule has 0 unspecified atom stereocenters. The van der Waals surface area contributed by atoms with Crippen LogP contribution in [0.25, 0.3) is 0 Å². The zero-order chi connectivity index (χ0) is 6.69. The fourth-order valence-corrected chi connectivity index (χ4v) is 1.03. The van der Waals surface area contributed by atoms with E-state index < -0.39 is 0 Å². The average Bonchev–Trinajstić information content (AvgIpc) is 1.89. The van der Waals surface area contributed by atoms with Crippen molar-refractivity contribution in [3.63, 3.8) is 0 Å². The molecule has 0 aliphatic heterocycles. The van der Waals surface area contributed by atoms with Crippen LogP contribution < -0.4 is 9.09 Å². The molecule has 1 rings (SSSR count). The van der Waals surface area contributed by atoms with E-state index in [0.717, 1.165) is 4.35 Å². The maximum atomic E-state index is 4.92. The van der Waals surface area contributed by atoms with Crippen LogP contribution in [-0.2, 0) is 0 Å². The molecule has 0 aromatic carbocycles. The Labute approximate surface area is 62.8 Å². The monoisotopic (exact) mass is 183 g/mol. The summed E-state index contributed by atoms with van der Waals surface area (Å²) in [5.41, 5.74) is 0. The summed E-state index contributed by atoms with van der Waals surface area (Å²) >= 11 is 2.40. The number of pyridine rings is 1. The van der Waals surface area contributed by atoms with Gasteiger partial charge in [0.15, 0.2) is 0 Å². The summed E-state index contributed by atoms with van der Waals surface area (Å²) < 4.78 is 5.93. The molecular weight excluding hydrogens is 177 g/mol. The molecule has 0 saturated carbocycles. The van der Waals surface area contributed by atoms with Crippen molar-refractivity contribution in [3.8, 4) is 5.88 Å². The van der Waals surface area contributed by atoms with Gasteiger partial charge in [0.1, 0.15) is 0 Å². The van der Waals surface area contributed by atoms with Gasteiger partial charge in [0, 0.05) is 0 Å². The minimum absolute atomic E-state index is 0.678. The Morgan fingerprint density at radius 3 is 2.89 bits per heavy atom. The van der Waals surface area contributed by atoms with Crippen LogP contribution in [0.2, 0.25) is 0 Å². The Morgan fingerprint density at radius 1 is 1.67 bits per heavy atom. The summed E-state index contributed by atoms with van der Waals surface area (Å²) in [5, 5.41) is 0. The summed E-state index contributed by atoms with van der Waals surface area (Å²) in [6, 6.07) is 3.81. The molecule has 0 aliphatic rings. The van der Waals surface area contributed by atoms with Gasteiger partial charge in [0.25, 0.3) is 0 Å². The van der Waals surface area contributed by atoms with Crippen LogP contribution in [0.1, 0.15) is 0 Å².